The van der Waals surface area contributed by atoms with Gasteiger partial charge in [-0.3, -0.25) is 14.4 Å². The molecule has 184 valence electrons. The quantitative estimate of drug-likeness (QED) is 0.525. The lowest BCUT2D eigenvalue weighted by Crippen LogP contribution is -2.49. The van der Waals surface area contributed by atoms with Crippen LogP contribution in [0.15, 0.2) is 47.1 Å². The zero-order valence-electron chi connectivity index (χ0n) is 20.2. The number of nitrogens with zero attached hydrogens (tertiary/aromatic N) is 1. The van der Waals surface area contributed by atoms with Crippen molar-refractivity contribution in [1.29, 1.82) is 0 Å². The molecule has 1 aliphatic rings. The van der Waals surface area contributed by atoms with Crippen LogP contribution in [-0.2, 0) is 14.3 Å². The smallest absolute Gasteiger partial charge is 0.287 e. The minimum absolute atomic E-state index is 0.114. The molecule has 2 N–H and O–H groups in total. The minimum Gasteiger partial charge on any atom is -0.459 e. The lowest BCUT2D eigenvalue weighted by Gasteiger charge is -2.32. The van der Waals surface area contributed by atoms with Gasteiger partial charge in [-0.25, -0.2) is 0 Å². The molecule has 1 aromatic heterocycles. The summed E-state index contributed by atoms with van der Waals surface area (Å²) < 4.78 is 10.3. The van der Waals surface area contributed by atoms with Crippen molar-refractivity contribution in [3.8, 4) is 0 Å². The molecule has 0 bridgehead atoms. The Labute approximate surface area is 201 Å². The lowest BCUT2D eigenvalue weighted by molar-refractivity contribution is -0.141. The van der Waals surface area contributed by atoms with Crippen LogP contribution in [0.3, 0.4) is 0 Å². The van der Waals surface area contributed by atoms with Crippen molar-refractivity contribution in [3.05, 3.63) is 59.5 Å². The summed E-state index contributed by atoms with van der Waals surface area (Å²) in [6, 6.07) is 10.2. The average molecular weight is 470 g/mol. The van der Waals surface area contributed by atoms with Gasteiger partial charge in [0.25, 0.3) is 5.91 Å². The summed E-state index contributed by atoms with van der Waals surface area (Å²) in [7, 11) is 1.55. The first-order valence-corrected chi connectivity index (χ1v) is 11.9. The van der Waals surface area contributed by atoms with Crippen LogP contribution >= 0.6 is 0 Å². The molecule has 3 amide bonds. The van der Waals surface area contributed by atoms with Gasteiger partial charge < -0.3 is 24.7 Å². The topological polar surface area (TPSA) is 101 Å². The number of benzene rings is 1. The molecular weight excluding hydrogens is 434 g/mol. The highest BCUT2D eigenvalue weighted by atomic mass is 16.5. The molecule has 0 spiro atoms. The third-order valence-electron chi connectivity index (χ3n) is 6.18. The van der Waals surface area contributed by atoms with E-state index < -0.39 is 11.9 Å². The van der Waals surface area contributed by atoms with Crippen molar-refractivity contribution in [2.24, 2.45) is 0 Å². The molecule has 1 aliphatic carbocycles. The normalized spacial score (nSPS) is 14.7. The van der Waals surface area contributed by atoms with Gasteiger partial charge in [0, 0.05) is 19.7 Å². The maximum atomic E-state index is 13.5. The van der Waals surface area contributed by atoms with E-state index in [9.17, 15) is 14.4 Å². The van der Waals surface area contributed by atoms with E-state index in [4.69, 9.17) is 9.15 Å². The van der Waals surface area contributed by atoms with Crippen LogP contribution in [0.4, 0.5) is 0 Å². The largest absolute Gasteiger partial charge is 0.459 e. The lowest BCUT2D eigenvalue weighted by atomic mass is 9.97. The Kier molecular flexibility index (Phi) is 9.27. The zero-order chi connectivity index (χ0) is 24.5. The van der Waals surface area contributed by atoms with Gasteiger partial charge >= 0.3 is 0 Å². The summed E-state index contributed by atoms with van der Waals surface area (Å²) in [5.41, 5.74) is 1.88. The number of ether oxygens (including phenoxy) is 1. The van der Waals surface area contributed by atoms with Gasteiger partial charge in [-0.15, -0.1) is 0 Å². The van der Waals surface area contributed by atoms with Gasteiger partial charge in [0.1, 0.15) is 6.04 Å². The molecule has 0 aliphatic heterocycles. The van der Waals surface area contributed by atoms with Crippen molar-refractivity contribution in [2.75, 3.05) is 26.8 Å². The van der Waals surface area contributed by atoms with E-state index >= 15 is 0 Å². The Hall–Kier alpha value is -3.13. The van der Waals surface area contributed by atoms with E-state index in [-0.39, 0.29) is 43.3 Å². The summed E-state index contributed by atoms with van der Waals surface area (Å²) >= 11 is 0. The Bertz CT molecular complexity index is 934. The first kappa shape index (κ1) is 25.5. The SMILES string of the molecule is COCCN(C(=O)CNC(=O)c1ccco1)[C@H](C(=O)NC1CCCC1)c1ccc(C(C)C)cc1. The molecule has 1 atom stereocenters. The average Bonchev–Trinajstić information content (AvgIpc) is 3.54. The van der Waals surface area contributed by atoms with Gasteiger partial charge in [-0.2, -0.15) is 0 Å². The van der Waals surface area contributed by atoms with E-state index in [1.807, 2.05) is 24.3 Å². The molecule has 1 heterocycles. The molecule has 8 heteroatoms. The molecule has 0 radical (unpaired) electrons. The van der Waals surface area contributed by atoms with Crippen LogP contribution in [0.2, 0.25) is 0 Å². The Morgan fingerprint density at radius 1 is 1.09 bits per heavy atom. The van der Waals surface area contributed by atoms with E-state index in [0.29, 0.717) is 5.92 Å². The van der Waals surface area contributed by atoms with E-state index in [0.717, 1.165) is 36.8 Å². The van der Waals surface area contributed by atoms with Gasteiger partial charge in [0.15, 0.2) is 5.76 Å². The molecule has 34 heavy (non-hydrogen) atoms. The number of furan rings is 1. The number of amides is 3. The highest BCUT2D eigenvalue weighted by Crippen LogP contribution is 2.26. The van der Waals surface area contributed by atoms with E-state index in [1.54, 1.807) is 13.2 Å². The highest BCUT2D eigenvalue weighted by Gasteiger charge is 2.33. The highest BCUT2D eigenvalue weighted by molar-refractivity contribution is 5.95. The van der Waals surface area contributed by atoms with E-state index in [2.05, 4.69) is 24.5 Å². The molecule has 1 fully saturated rings. The fraction of sp³-hybridized carbons (Fsp3) is 0.500. The fourth-order valence-corrected chi connectivity index (χ4v) is 4.23. The van der Waals surface area contributed by atoms with Crippen LogP contribution in [0.1, 0.15) is 73.2 Å². The van der Waals surface area contributed by atoms with E-state index in [1.165, 1.54) is 17.2 Å². The fourth-order valence-electron chi connectivity index (χ4n) is 4.23. The third-order valence-corrected chi connectivity index (χ3v) is 6.18. The standard InChI is InChI=1S/C26H35N3O5/c1-18(2)19-10-12-20(13-11-19)24(26(32)28-21-7-4-5-8-21)29(14-16-33-3)23(30)17-27-25(31)22-9-6-15-34-22/h6,9-13,15,18,21,24H,4-5,7-8,14,16-17H2,1-3H3,(H,27,31)(H,28,32)/t24-/m0/s1. The van der Waals surface area contributed by atoms with Crippen molar-refractivity contribution < 1.29 is 23.5 Å². The monoisotopic (exact) mass is 469 g/mol. The number of rotatable bonds is 11. The van der Waals surface area contributed by atoms with Crippen LogP contribution in [0, 0.1) is 0 Å². The third kappa shape index (κ3) is 6.70. The number of carbonyl (C=O) groups is 3. The Morgan fingerprint density at radius 3 is 2.35 bits per heavy atom. The molecule has 0 unspecified atom stereocenters. The van der Waals surface area contributed by atoms with Gasteiger partial charge in [-0.1, -0.05) is 51.0 Å². The van der Waals surface area contributed by atoms with Crippen LogP contribution < -0.4 is 10.6 Å². The summed E-state index contributed by atoms with van der Waals surface area (Å²) in [5.74, 6) is -0.611. The number of hydrogen-bond acceptors (Lipinski definition) is 5. The van der Waals surface area contributed by atoms with Crippen LogP contribution in [0.5, 0.6) is 0 Å². The first-order valence-electron chi connectivity index (χ1n) is 11.9. The second-order valence-electron chi connectivity index (χ2n) is 8.95. The molecule has 8 nitrogen and oxygen atoms in total. The summed E-state index contributed by atoms with van der Waals surface area (Å²) in [4.78, 5) is 40.6. The Balaban J connectivity index is 1.84. The molecule has 2 aromatic rings. The Morgan fingerprint density at radius 2 is 1.76 bits per heavy atom. The van der Waals surface area contributed by atoms with Gasteiger partial charge in [0.05, 0.1) is 19.4 Å². The summed E-state index contributed by atoms with van der Waals surface area (Å²) in [6.45, 7) is 4.42. The minimum atomic E-state index is -0.829. The van der Waals surface area contributed by atoms with Crippen LogP contribution in [-0.4, -0.2) is 55.5 Å². The number of methoxy groups -OCH3 is 1. The summed E-state index contributed by atoms with van der Waals surface area (Å²) in [6.07, 6.45) is 5.45. The van der Waals surface area contributed by atoms with Crippen molar-refractivity contribution in [2.45, 2.75) is 57.5 Å². The second kappa shape index (κ2) is 12.4. The zero-order valence-corrected chi connectivity index (χ0v) is 20.2. The molecule has 1 aromatic carbocycles. The van der Waals surface area contributed by atoms with Crippen molar-refractivity contribution in [1.82, 2.24) is 15.5 Å². The predicted octanol–water partition coefficient (Wildman–Crippen LogP) is 3.41. The summed E-state index contributed by atoms with van der Waals surface area (Å²) in [5, 5.41) is 5.73. The molecule has 3 rings (SSSR count). The number of nitrogens with one attached hydrogen (secondary N) is 2. The predicted molar refractivity (Wildman–Crippen MR) is 128 cm³/mol. The molecule has 1 saturated carbocycles. The number of carbonyl (C=O) groups excluding carboxylic acids is 3. The van der Waals surface area contributed by atoms with Crippen LogP contribution in [0.25, 0.3) is 0 Å². The van der Waals surface area contributed by atoms with Crippen molar-refractivity contribution >= 4 is 17.7 Å². The molecule has 0 saturated heterocycles. The first-order chi connectivity index (χ1) is 16.4. The number of hydrogen-bond donors (Lipinski definition) is 2. The van der Waals surface area contributed by atoms with Gasteiger partial charge in [0.2, 0.25) is 11.8 Å². The molecular formula is C26H35N3O5. The second-order valence-corrected chi connectivity index (χ2v) is 8.95. The maximum absolute atomic E-state index is 13.5. The van der Waals surface area contributed by atoms with Crippen molar-refractivity contribution in [3.63, 3.8) is 0 Å². The maximum Gasteiger partial charge on any atom is 0.287 e. The van der Waals surface area contributed by atoms with Gasteiger partial charge in [-0.05, 0) is 42.0 Å².